The van der Waals surface area contributed by atoms with Gasteiger partial charge in [-0.2, -0.15) is 0 Å². The van der Waals surface area contributed by atoms with E-state index in [0.717, 1.165) is 0 Å². The molecule has 3 rings (SSSR count). The summed E-state index contributed by atoms with van der Waals surface area (Å²) in [6, 6.07) is -2.52. The first-order chi connectivity index (χ1) is 27.9. The summed E-state index contributed by atoms with van der Waals surface area (Å²) in [6.45, 7) is -0.587. The summed E-state index contributed by atoms with van der Waals surface area (Å²) in [7, 11) is 0. The van der Waals surface area contributed by atoms with E-state index in [0.29, 0.717) is 25.7 Å². The summed E-state index contributed by atoms with van der Waals surface area (Å²) in [6.07, 6.45) is 2.09. The van der Waals surface area contributed by atoms with Gasteiger partial charge in [0.05, 0.1) is 58.8 Å². The van der Waals surface area contributed by atoms with Gasteiger partial charge in [-0.1, -0.05) is 26.7 Å². The molecule has 3 fully saturated rings. The molecule has 3 aliphatic rings. The van der Waals surface area contributed by atoms with Crippen molar-refractivity contribution in [2.75, 3.05) is 58.9 Å². The van der Waals surface area contributed by atoms with Crippen molar-refractivity contribution in [3.05, 3.63) is 0 Å². The average Bonchev–Trinajstić information content (AvgIpc) is 3.88. The van der Waals surface area contributed by atoms with Gasteiger partial charge in [0, 0.05) is 6.54 Å². The monoisotopic (exact) mass is 834 g/mol. The van der Waals surface area contributed by atoms with Crippen LogP contribution in [0.4, 0.5) is 0 Å². The van der Waals surface area contributed by atoms with E-state index in [1.165, 1.54) is 4.90 Å². The van der Waals surface area contributed by atoms with Crippen LogP contribution in [0.1, 0.15) is 58.8 Å². The summed E-state index contributed by atoms with van der Waals surface area (Å²) >= 11 is 0. The number of rotatable bonds is 3. The van der Waals surface area contributed by atoms with Gasteiger partial charge in [-0.3, -0.25) is 57.5 Å². The van der Waals surface area contributed by atoms with E-state index in [9.17, 15) is 57.5 Å². The summed E-state index contributed by atoms with van der Waals surface area (Å²) in [5, 5.41) is 23.4. The van der Waals surface area contributed by atoms with Crippen molar-refractivity contribution >= 4 is 70.9 Å². The number of amides is 12. The zero-order valence-corrected chi connectivity index (χ0v) is 33.0. The topological polar surface area (TPSA) is 354 Å². The van der Waals surface area contributed by atoms with Crippen LogP contribution in [0.25, 0.3) is 0 Å². The van der Waals surface area contributed by atoms with Gasteiger partial charge in [0.1, 0.15) is 17.6 Å². The van der Waals surface area contributed by atoms with E-state index in [-0.39, 0.29) is 31.2 Å². The second-order valence-corrected chi connectivity index (χ2v) is 14.4. The molecular weight excluding hydrogens is 780 g/mol. The molecule has 24 nitrogen and oxygen atoms in total. The predicted molar refractivity (Wildman–Crippen MR) is 202 cm³/mol. The molecule has 5 atom stereocenters. The molecule has 0 radical (unpaired) electrons. The zero-order valence-electron chi connectivity index (χ0n) is 33.0. The maximum atomic E-state index is 14.0. The van der Waals surface area contributed by atoms with E-state index < -0.39 is 147 Å². The standard InChI is InChI=1S/C35H54N12O12/c1-3-19(2)20-6-4-8-35(20)34(59)44-17-30(55)45-21(32(36)57)10-23(48)37-11-24(49)38-12-25(50)39-13-26(51)40-14-27(52)41-15-28(53)42-16-29(54)43-18-31(56)47-9-5-7-22(47)33(58)46-35/h19-22H,3-18H2,1-2H3,(H2,36,57)(H,37,48)(H,38,49)(H,39,50)(H,40,51)(H,41,52)(H,42,53)(H,43,54)(H,44,59)(H,45,55)(H,46,58). The predicted octanol–water partition coefficient (Wildman–Crippen LogP) is -7.02. The van der Waals surface area contributed by atoms with Gasteiger partial charge in [0.25, 0.3) is 0 Å². The highest BCUT2D eigenvalue weighted by Gasteiger charge is 2.52. The minimum atomic E-state index is -1.55. The molecule has 1 saturated carbocycles. The van der Waals surface area contributed by atoms with Gasteiger partial charge in [-0.05, 0) is 37.5 Å². The molecule has 0 aromatic carbocycles. The number of nitrogens with two attached hydrogens (primary N) is 1. The van der Waals surface area contributed by atoms with Crippen LogP contribution >= 0.6 is 0 Å². The molecule has 1 aliphatic carbocycles. The number of fused-ring (bicyclic) bond motifs is 1. The fraction of sp³-hybridized carbons (Fsp3) is 0.657. The third-order valence-electron chi connectivity index (χ3n) is 10.3. The smallest absolute Gasteiger partial charge is 0.246 e. The highest BCUT2D eigenvalue weighted by Crippen LogP contribution is 2.42. The molecule has 2 heterocycles. The lowest BCUT2D eigenvalue weighted by Gasteiger charge is -2.39. The number of carbonyl (C=O) groups excluding carboxylic acids is 12. The van der Waals surface area contributed by atoms with Crippen LogP contribution in [0.3, 0.4) is 0 Å². The summed E-state index contributed by atoms with van der Waals surface area (Å²) in [5.41, 5.74) is 3.93. The first-order valence-corrected chi connectivity index (χ1v) is 19.3. The van der Waals surface area contributed by atoms with Gasteiger partial charge in [-0.15, -0.1) is 0 Å². The zero-order chi connectivity index (χ0) is 43.7. The minimum Gasteiger partial charge on any atom is -0.368 e. The Hall–Kier alpha value is -6.36. The van der Waals surface area contributed by atoms with Crippen molar-refractivity contribution in [3.8, 4) is 0 Å². The first-order valence-electron chi connectivity index (χ1n) is 19.3. The van der Waals surface area contributed by atoms with E-state index in [1.54, 1.807) is 0 Å². The number of primary amides is 1. The number of hydrogen-bond donors (Lipinski definition) is 11. The Labute approximate surface area is 339 Å². The molecular formula is C35H54N12O12. The minimum absolute atomic E-state index is 0.0452. The van der Waals surface area contributed by atoms with Crippen molar-refractivity contribution in [1.82, 2.24) is 58.1 Å². The van der Waals surface area contributed by atoms with Gasteiger partial charge in [0.2, 0.25) is 70.9 Å². The molecule has 0 aromatic rings. The summed E-state index contributed by atoms with van der Waals surface area (Å²) in [5.74, 6) is -9.78. The van der Waals surface area contributed by atoms with Crippen LogP contribution in [0.2, 0.25) is 0 Å². The second kappa shape index (κ2) is 22.5. The van der Waals surface area contributed by atoms with Crippen LogP contribution in [0.5, 0.6) is 0 Å². The van der Waals surface area contributed by atoms with Crippen LogP contribution in [0, 0.1) is 11.8 Å². The SMILES string of the molecule is CCC(C)C1CCCC12NC(=O)C1CCCN1C(=O)CNC(=O)CNC(=O)CNC(=O)CNC(=O)CNC(=O)CNC(=O)CNC(=O)CC(C(N)=O)NC(=O)CNC2=O. The lowest BCUT2D eigenvalue weighted by Crippen LogP contribution is -2.65. The molecule has 24 heteroatoms. The number of carbonyl (C=O) groups is 12. The third-order valence-corrected chi connectivity index (χ3v) is 10.3. The number of nitrogens with zero attached hydrogens (tertiary/aromatic N) is 1. The molecule has 5 unspecified atom stereocenters. The Kier molecular flexibility index (Phi) is 18.0. The molecule has 1 spiro atoms. The largest absolute Gasteiger partial charge is 0.368 e. The maximum Gasteiger partial charge on any atom is 0.246 e. The van der Waals surface area contributed by atoms with E-state index >= 15 is 0 Å². The lowest BCUT2D eigenvalue weighted by atomic mass is 9.76. The molecule has 59 heavy (non-hydrogen) atoms. The quantitative estimate of drug-likeness (QED) is 0.126. The molecule has 2 aliphatic heterocycles. The summed E-state index contributed by atoms with van der Waals surface area (Å²) in [4.78, 5) is 153. The van der Waals surface area contributed by atoms with Crippen molar-refractivity contribution in [2.45, 2.75) is 76.4 Å². The third kappa shape index (κ3) is 14.5. The molecule has 326 valence electrons. The molecule has 0 bridgehead atoms. The highest BCUT2D eigenvalue weighted by atomic mass is 16.2. The second-order valence-electron chi connectivity index (χ2n) is 14.4. The van der Waals surface area contributed by atoms with Crippen LogP contribution in [-0.2, 0) is 57.5 Å². The molecule has 2 saturated heterocycles. The Balaban J connectivity index is 1.75. The van der Waals surface area contributed by atoms with Crippen molar-refractivity contribution in [3.63, 3.8) is 0 Å². The Morgan fingerprint density at radius 3 is 1.58 bits per heavy atom. The first kappa shape index (κ1) is 47.0. The van der Waals surface area contributed by atoms with Crippen LogP contribution < -0.4 is 58.9 Å². The average molecular weight is 835 g/mol. The van der Waals surface area contributed by atoms with E-state index in [4.69, 9.17) is 5.73 Å². The Morgan fingerprint density at radius 1 is 0.644 bits per heavy atom. The van der Waals surface area contributed by atoms with Crippen LogP contribution in [0.15, 0.2) is 0 Å². The van der Waals surface area contributed by atoms with Crippen molar-refractivity contribution < 1.29 is 57.5 Å². The fourth-order valence-corrected chi connectivity index (χ4v) is 6.99. The highest BCUT2D eigenvalue weighted by molar-refractivity contribution is 5.99. The van der Waals surface area contributed by atoms with E-state index in [1.807, 2.05) is 13.8 Å². The normalized spacial score (nSPS) is 26.8. The Morgan fingerprint density at radius 2 is 1.10 bits per heavy atom. The molecule has 12 N–H and O–H groups in total. The number of hydrogen-bond acceptors (Lipinski definition) is 12. The van der Waals surface area contributed by atoms with Gasteiger partial charge >= 0.3 is 0 Å². The van der Waals surface area contributed by atoms with Gasteiger partial charge in [0.15, 0.2) is 0 Å². The fourth-order valence-electron chi connectivity index (χ4n) is 6.99. The Bertz CT molecular complexity index is 1670. The van der Waals surface area contributed by atoms with E-state index in [2.05, 4.69) is 53.2 Å². The summed E-state index contributed by atoms with van der Waals surface area (Å²) < 4.78 is 0. The molecule has 0 aromatic heterocycles. The molecule has 12 amide bonds. The maximum absolute atomic E-state index is 14.0. The van der Waals surface area contributed by atoms with Crippen LogP contribution in [-0.4, -0.2) is 152 Å². The number of nitrogens with one attached hydrogen (secondary N) is 10. The lowest BCUT2D eigenvalue weighted by molar-refractivity contribution is -0.142. The van der Waals surface area contributed by atoms with Gasteiger partial charge in [-0.25, -0.2) is 0 Å². The van der Waals surface area contributed by atoms with Crippen molar-refractivity contribution in [2.24, 2.45) is 17.6 Å². The van der Waals surface area contributed by atoms with Crippen molar-refractivity contribution in [1.29, 1.82) is 0 Å². The van der Waals surface area contributed by atoms with Gasteiger partial charge < -0.3 is 63.8 Å².